The van der Waals surface area contributed by atoms with E-state index in [4.69, 9.17) is 17.2 Å². The van der Waals surface area contributed by atoms with Crippen molar-refractivity contribution in [3.8, 4) is 0 Å². The molecule has 30 heavy (non-hydrogen) atoms. The Labute approximate surface area is 185 Å². The number of aromatic nitrogens is 2. The molecule has 1 aromatic heterocycles. The summed E-state index contributed by atoms with van der Waals surface area (Å²) < 4.78 is 0. The van der Waals surface area contributed by atoms with Crippen molar-refractivity contribution in [3.63, 3.8) is 0 Å². The van der Waals surface area contributed by atoms with E-state index in [1.807, 2.05) is 6.92 Å². The zero-order valence-corrected chi connectivity index (χ0v) is 19.0. The number of aryl methyl sites for hydroxylation is 1. The summed E-state index contributed by atoms with van der Waals surface area (Å²) in [6, 6.07) is 13.4. The largest absolute Gasteiger partial charge is 0.361 e. The first-order valence-electron chi connectivity index (χ1n) is 11.3. The standard InChI is InChI=1S/C24H33N5S/c1-18-16-21(29-15-9-6-10-19(29)2)27-22(26-18)28-23(30)25-17-24(13-7-8-14-24)20-11-4-3-5-12-20/h3-5,11-12,16,19H,6-10,13-15,17H2,1-2H3,(H2,25,26,27,28,30)/t19-/m1/s1. The lowest BCUT2D eigenvalue weighted by molar-refractivity contribution is 0.435. The van der Waals surface area contributed by atoms with Gasteiger partial charge in [0.1, 0.15) is 5.82 Å². The van der Waals surface area contributed by atoms with E-state index >= 15 is 0 Å². The summed E-state index contributed by atoms with van der Waals surface area (Å²) in [5.41, 5.74) is 2.53. The van der Waals surface area contributed by atoms with Gasteiger partial charge in [-0.15, -0.1) is 0 Å². The second-order valence-corrected chi connectivity index (χ2v) is 9.30. The highest BCUT2D eigenvalue weighted by atomic mass is 32.1. The monoisotopic (exact) mass is 423 g/mol. The Kier molecular flexibility index (Phi) is 6.52. The molecule has 6 heteroatoms. The predicted molar refractivity (Wildman–Crippen MR) is 128 cm³/mol. The van der Waals surface area contributed by atoms with Crippen LogP contribution in [0.2, 0.25) is 0 Å². The lowest BCUT2D eigenvalue weighted by atomic mass is 9.79. The van der Waals surface area contributed by atoms with Crippen molar-refractivity contribution in [1.29, 1.82) is 0 Å². The average molecular weight is 424 g/mol. The van der Waals surface area contributed by atoms with E-state index in [2.05, 4.69) is 63.8 Å². The quantitative estimate of drug-likeness (QED) is 0.663. The van der Waals surface area contributed by atoms with Crippen molar-refractivity contribution >= 4 is 29.1 Å². The van der Waals surface area contributed by atoms with Gasteiger partial charge in [0.2, 0.25) is 5.95 Å². The minimum absolute atomic E-state index is 0.162. The average Bonchev–Trinajstić information content (AvgIpc) is 3.23. The molecule has 1 aromatic carbocycles. The second kappa shape index (κ2) is 9.29. The maximum atomic E-state index is 5.62. The number of nitrogens with zero attached hydrogens (tertiary/aromatic N) is 3. The van der Waals surface area contributed by atoms with Gasteiger partial charge in [0.15, 0.2) is 5.11 Å². The van der Waals surface area contributed by atoms with Crippen molar-refractivity contribution in [2.24, 2.45) is 0 Å². The first-order valence-corrected chi connectivity index (χ1v) is 11.7. The number of rotatable bonds is 5. The van der Waals surface area contributed by atoms with Crippen LogP contribution in [0.4, 0.5) is 11.8 Å². The molecule has 160 valence electrons. The van der Waals surface area contributed by atoms with Crippen LogP contribution in [0.1, 0.15) is 63.1 Å². The second-order valence-electron chi connectivity index (χ2n) is 8.89. The zero-order valence-electron chi connectivity index (χ0n) is 18.2. The highest BCUT2D eigenvalue weighted by Crippen LogP contribution is 2.40. The molecule has 5 nitrogen and oxygen atoms in total. The van der Waals surface area contributed by atoms with Crippen molar-refractivity contribution < 1.29 is 0 Å². The van der Waals surface area contributed by atoms with Crippen LogP contribution >= 0.6 is 12.2 Å². The molecule has 0 bridgehead atoms. The van der Waals surface area contributed by atoms with Gasteiger partial charge in [-0.05, 0) is 63.7 Å². The summed E-state index contributed by atoms with van der Waals surface area (Å²) in [6.45, 7) is 6.19. The Morgan fingerprint density at radius 2 is 1.90 bits per heavy atom. The molecule has 2 aromatic rings. The van der Waals surface area contributed by atoms with Gasteiger partial charge >= 0.3 is 0 Å². The zero-order chi connectivity index (χ0) is 21.0. The summed E-state index contributed by atoms with van der Waals surface area (Å²) in [4.78, 5) is 11.7. The SMILES string of the molecule is Cc1cc(N2CCCC[C@H]2C)nc(NC(=S)NCC2(c3ccccc3)CCCC2)n1. The smallest absolute Gasteiger partial charge is 0.231 e. The first kappa shape index (κ1) is 21.0. The highest BCUT2D eigenvalue weighted by Gasteiger charge is 2.35. The molecule has 2 N–H and O–H groups in total. The van der Waals surface area contributed by atoms with Crippen LogP contribution in [0.3, 0.4) is 0 Å². The fraction of sp³-hybridized carbons (Fsp3) is 0.542. The van der Waals surface area contributed by atoms with E-state index in [9.17, 15) is 0 Å². The molecule has 1 aliphatic carbocycles. The molecule has 4 rings (SSSR count). The third-order valence-corrected chi connectivity index (χ3v) is 6.94. The molecule has 2 heterocycles. The number of benzene rings is 1. The van der Waals surface area contributed by atoms with Gasteiger partial charge in [-0.3, -0.25) is 0 Å². The molecule has 1 saturated heterocycles. The molecule has 0 amide bonds. The summed E-state index contributed by atoms with van der Waals surface area (Å²) in [5.74, 6) is 1.58. The van der Waals surface area contributed by atoms with Gasteiger partial charge in [0.05, 0.1) is 0 Å². The first-order chi connectivity index (χ1) is 14.6. The van der Waals surface area contributed by atoms with Gasteiger partial charge < -0.3 is 15.5 Å². The summed E-state index contributed by atoms with van der Waals surface area (Å²) in [5, 5.41) is 7.31. The minimum Gasteiger partial charge on any atom is -0.361 e. The number of hydrogen-bond acceptors (Lipinski definition) is 4. The number of thiocarbonyl (C=S) groups is 1. The Hall–Kier alpha value is -2.21. The van der Waals surface area contributed by atoms with Crippen molar-refractivity contribution in [2.45, 2.75) is 70.3 Å². The van der Waals surface area contributed by atoms with Crippen LogP contribution in [0.5, 0.6) is 0 Å². The van der Waals surface area contributed by atoms with E-state index < -0.39 is 0 Å². The Morgan fingerprint density at radius 3 is 2.63 bits per heavy atom. The lowest BCUT2D eigenvalue weighted by Crippen LogP contribution is -2.41. The number of piperidine rings is 1. The van der Waals surface area contributed by atoms with Gasteiger partial charge in [-0.2, -0.15) is 4.98 Å². The van der Waals surface area contributed by atoms with Crippen LogP contribution < -0.4 is 15.5 Å². The van der Waals surface area contributed by atoms with Crippen LogP contribution in [-0.4, -0.2) is 34.2 Å². The Morgan fingerprint density at radius 1 is 1.13 bits per heavy atom. The van der Waals surface area contributed by atoms with E-state index in [-0.39, 0.29) is 5.41 Å². The molecule has 1 aliphatic heterocycles. The molecule has 1 saturated carbocycles. The van der Waals surface area contributed by atoms with E-state index in [0.29, 0.717) is 17.1 Å². The Balaban J connectivity index is 1.42. The third-order valence-electron chi connectivity index (χ3n) is 6.70. The third kappa shape index (κ3) is 4.75. The molecular weight excluding hydrogens is 390 g/mol. The van der Waals surface area contributed by atoms with Crippen molar-refractivity contribution in [2.75, 3.05) is 23.3 Å². The number of nitrogens with one attached hydrogen (secondary N) is 2. The predicted octanol–water partition coefficient (Wildman–Crippen LogP) is 4.96. The molecule has 0 radical (unpaired) electrons. The summed E-state index contributed by atoms with van der Waals surface area (Å²) in [7, 11) is 0. The topological polar surface area (TPSA) is 53.1 Å². The summed E-state index contributed by atoms with van der Waals surface area (Å²) in [6.07, 6.45) is 8.68. The molecule has 0 spiro atoms. The van der Waals surface area contributed by atoms with Crippen LogP contribution in [-0.2, 0) is 5.41 Å². The van der Waals surface area contributed by atoms with E-state index in [0.717, 1.165) is 24.6 Å². The highest BCUT2D eigenvalue weighted by molar-refractivity contribution is 7.80. The Bertz CT molecular complexity index is 863. The van der Waals surface area contributed by atoms with Gasteiger partial charge in [0, 0.05) is 36.3 Å². The molecule has 1 atom stereocenters. The fourth-order valence-electron chi connectivity index (χ4n) is 5.00. The maximum Gasteiger partial charge on any atom is 0.231 e. The molecular formula is C24H33N5S. The van der Waals surface area contributed by atoms with Crippen LogP contribution in [0.25, 0.3) is 0 Å². The number of hydrogen-bond donors (Lipinski definition) is 2. The van der Waals surface area contributed by atoms with Crippen molar-refractivity contribution in [1.82, 2.24) is 15.3 Å². The molecule has 0 unspecified atom stereocenters. The minimum atomic E-state index is 0.162. The van der Waals surface area contributed by atoms with Crippen LogP contribution in [0, 0.1) is 6.92 Å². The van der Waals surface area contributed by atoms with E-state index in [1.165, 1.54) is 50.5 Å². The number of anilines is 2. The van der Waals surface area contributed by atoms with Gasteiger partial charge in [-0.1, -0.05) is 43.2 Å². The van der Waals surface area contributed by atoms with Gasteiger partial charge in [-0.25, -0.2) is 4.98 Å². The summed E-state index contributed by atoms with van der Waals surface area (Å²) >= 11 is 5.62. The van der Waals surface area contributed by atoms with Gasteiger partial charge in [0.25, 0.3) is 0 Å². The van der Waals surface area contributed by atoms with Crippen LogP contribution in [0.15, 0.2) is 36.4 Å². The van der Waals surface area contributed by atoms with Crippen molar-refractivity contribution in [3.05, 3.63) is 47.7 Å². The molecule has 2 fully saturated rings. The fourth-order valence-corrected chi connectivity index (χ4v) is 5.16. The molecule has 2 aliphatic rings. The normalized spacial score (nSPS) is 20.7. The maximum absolute atomic E-state index is 5.62. The lowest BCUT2D eigenvalue weighted by Gasteiger charge is -2.34. The van der Waals surface area contributed by atoms with E-state index in [1.54, 1.807) is 0 Å².